The molecule has 0 radical (unpaired) electrons. The molecule has 0 spiro atoms. The second-order valence-electron chi connectivity index (χ2n) is 7.19. The van der Waals surface area contributed by atoms with Gasteiger partial charge in [0.1, 0.15) is 11.9 Å². The normalized spacial score (nSPS) is 16.2. The van der Waals surface area contributed by atoms with Crippen molar-refractivity contribution in [2.75, 3.05) is 18.0 Å². The number of hydrogen-bond donors (Lipinski definition) is 0. The molecule has 1 saturated heterocycles. The lowest BCUT2D eigenvalue weighted by molar-refractivity contribution is -0.127. The SMILES string of the molecule is CCCCN1C[C@@H](N(Cc2cc(F)ccc2Cl)c2ccc(C#N)c(Cl)c2)CC1=O. The Kier molecular flexibility index (Phi) is 7.00. The number of carbonyl (C=O) groups excluding carboxylic acids is 1. The van der Waals surface area contributed by atoms with Gasteiger partial charge >= 0.3 is 0 Å². The van der Waals surface area contributed by atoms with E-state index in [0.29, 0.717) is 40.7 Å². The predicted octanol–water partition coefficient (Wildman–Crippen LogP) is 5.41. The molecule has 0 aromatic heterocycles. The minimum Gasteiger partial charge on any atom is -0.362 e. The van der Waals surface area contributed by atoms with Crippen LogP contribution in [0.1, 0.15) is 37.3 Å². The predicted molar refractivity (Wildman–Crippen MR) is 114 cm³/mol. The van der Waals surface area contributed by atoms with Crippen LogP contribution in [0, 0.1) is 17.1 Å². The van der Waals surface area contributed by atoms with Crippen LogP contribution in [0.4, 0.5) is 10.1 Å². The fraction of sp³-hybridized carbons (Fsp3) is 0.364. The van der Waals surface area contributed by atoms with Crippen molar-refractivity contribution in [3.05, 3.63) is 63.4 Å². The molecule has 152 valence electrons. The van der Waals surface area contributed by atoms with E-state index in [1.54, 1.807) is 18.2 Å². The van der Waals surface area contributed by atoms with E-state index in [1.165, 1.54) is 18.2 Å². The van der Waals surface area contributed by atoms with Crippen LogP contribution in [0.3, 0.4) is 0 Å². The number of hydrogen-bond acceptors (Lipinski definition) is 3. The van der Waals surface area contributed by atoms with E-state index in [-0.39, 0.29) is 17.8 Å². The van der Waals surface area contributed by atoms with E-state index in [1.807, 2.05) is 9.80 Å². The summed E-state index contributed by atoms with van der Waals surface area (Å²) in [5.41, 5.74) is 1.78. The number of carbonyl (C=O) groups is 1. The van der Waals surface area contributed by atoms with Gasteiger partial charge in [0.2, 0.25) is 5.91 Å². The van der Waals surface area contributed by atoms with Crippen LogP contribution in [0.25, 0.3) is 0 Å². The van der Waals surface area contributed by atoms with Crippen molar-refractivity contribution in [2.24, 2.45) is 0 Å². The minimum atomic E-state index is -0.366. The van der Waals surface area contributed by atoms with Crippen molar-refractivity contribution in [3.63, 3.8) is 0 Å². The third kappa shape index (κ3) is 5.01. The number of unbranched alkanes of at least 4 members (excludes halogenated alkanes) is 1. The number of nitriles is 1. The molecule has 1 heterocycles. The lowest BCUT2D eigenvalue weighted by Gasteiger charge is -2.31. The highest BCUT2D eigenvalue weighted by molar-refractivity contribution is 6.32. The van der Waals surface area contributed by atoms with Gasteiger partial charge in [-0.15, -0.1) is 0 Å². The minimum absolute atomic E-state index is 0.0947. The quantitative estimate of drug-likeness (QED) is 0.585. The molecule has 0 unspecified atom stereocenters. The Morgan fingerprint density at radius 3 is 2.72 bits per heavy atom. The molecule has 0 saturated carbocycles. The van der Waals surface area contributed by atoms with Crippen molar-refractivity contribution >= 4 is 34.8 Å². The zero-order chi connectivity index (χ0) is 21.0. The van der Waals surface area contributed by atoms with Crippen LogP contribution in [-0.2, 0) is 11.3 Å². The van der Waals surface area contributed by atoms with Crippen LogP contribution < -0.4 is 4.90 Å². The summed E-state index contributed by atoms with van der Waals surface area (Å²) in [6.07, 6.45) is 2.34. The van der Waals surface area contributed by atoms with Gasteiger partial charge in [0.15, 0.2) is 0 Å². The molecule has 3 rings (SSSR count). The summed E-state index contributed by atoms with van der Waals surface area (Å²) in [5.74, 6) is -0.257. The third-order valence-electron chi connectivity index (χ3n) is 5.17. The van der Waals surface area contributed by atoms with Gasteiger partial charge in [0.05, 0.1) is 16.6 Å². The number of halogens is 3. The second-order valence-corrected chi connectivity index (χ2v) is 8.01. The largest absolute Gasteiger partial charge is 0.362 e. The molecule has 1 atom stereocenters. The third-order valence-corrected chi connectivity index (χ3v) is 5.85. The molecule has 2 aromatic rings. The summed E-state index contributed by atoms with van der Waals surface area (Å²) in [6.45, 7) is 3.74. The Balaban J connectivity index is 1.94. The number of nitrogens with zero attached hydrogens (tertiary/aromatic N) is 3. The van der Waals surface area contributed by atoms with Gasteiger partial charge < -0.3 is 9.80 Å². The average molecular weight is 434 g/mol. The number of anilines is 1. The summed E-state index contributed by atoms with van der Waals surface area (Å²) in [6, 6.07) is 11.4. The first-order chi connectivity index (χ1) is 13.9. The Morgan fingerprint density at radius 2 is 2.03 bits per heavy atom. The maximum Gasteiger partial charge on any atom is 0.224 e. The highest BCUT2D eigenvalue weighted by Gasteiger charge is 2.34. The highest BCUT2D eigenvalue weighted by Crippen LogP contribution is 2.31. The maximum atomic E-state index is 13.8. The Hall–Kier alpha value is -2.29. The van der Waals surface area contributed by atoms with Crippen molar-refractivity contribution < 1.29 is 9.18 Å². The van der Waals surface area contributed by atoms with Gasteiger partial charge in [-0.05, 0) is 48.4 Å². The number of amides is 1. The fourth-order valence-electron chi connectivity index (χ4n) is 3.58. The van der Waals surface area contributed by atoms with E-state index >= 15 is 0 Å². The van der Waals surface area contributed by atoms with E-state index in [0.717, 1.165) is 25.1 Å². The molecule has 1 aliphatic rings. The first-order valence-electron chi connectivity index (χ1n) is 9.61. The van der Waals surface area contributed by atoms with Crippen molar-refractivity contribution in [3.8, 4) is 6.07 Å². The van der Waals surface area contributed by atoms with Crippen LogP contribution >= 0.6 is 23.2 Å². The summed E-state index contributed by atoms with van der Waals surface area (Å²) in [4.78, 5) is 16.4. The number of benzene rings is 2. The van der Waals surface area contributed by atoms with Gasteiger partial charge in [-0.3, -0.25) is 4.79 Å². The topological polar surface area (TPSA) is 47.3 Å². The zero-order valence-corrected chi connectivity index (χ0v) is 17.7. The van der Waals surface area contributed by atoms with Crippen LogP contribution in [0.15, 0.2) is 36.4 Å². The monoisotopic (exact) mass is 433 g/mol. The molecular weight excluding hydrogens is 412 g/mol. The van der Waals surface area contributed by atoms with E-state index < -0.39 is 0 Å². The number of rotatable bonds is 7. The molecular formula is C22H22Cl2FN3O. The molecule has 1 amide bonds. The molecule has 7 heteroatoms. The lowest BCUT2D eigenvalue weighted by atomic mass is 10.1. The smallest absolute Gasteiger partial charge is 0.224 e. The van der Waals surface area contributed by atoms with Gasteiger partial charge in [0, 0.05) is 36.8 Å². The van der Waals surface area contributed by atoms with Crippen LogP contribution in [-0.4, -0.2) is 29.9 Å². The molecule has 2 aromatic carbocycles. The first kappa shape index (κ1) is 21.4. The Bertz CT molecular complexity index is 944. The lowest BCUT2D eigenvalue weighted by Crippen LogP contribution is -2.37. The molecule has 4 nitrogen and oxygen atoms in total. The summed E-state index contributed by atoms with van der Waals surface area (Å²) >= 11 is 12.6. The van der Waals surface area contributed by atoms with Gasteiger partial charge in [-0.2, -0.15) is 5.26 Å². The Labute approximate surface area is 180 Å². The van der Waals surface area contributed by atoms with Crippen molar-refractivity contribution in [2.45, 2.75) is 38.8 Å². The molecule has 1 aliphatic heterocycles. The van der Waals surface area contributed by atoms with Gasteiger partial charge in [0.25, 0.3) is 0 Å². The Morgan fingerprint density at radius 1 is 1.24 bits per heavy atom. The molecule has 29 heavy (non-hydrogen) atoms. The van der Waals surface area contributed by atoms with Gasteiger partial charge in [-0.1, -0.05) is 36.5 Å². The molecule has 0 bridgehead atoms. The summed E-state index contributed by atoms with van der Waals surface area (Å²) in [7, 11) is 0. The van der Waals surface area contributed by atoms with Crippen molar-refractivity contribution in [1.29, 1.82) is 5.26 Å². The second kappa shape index (κ2) is 9.47. The van der Waals surface area contributed by atoms with E-state index in [4.69, 9.17) is 28.5 Å². The van der Waals surface area contributed by atoms with E-state index in [2.05, 4.69) is 13.0 Å². The standard InChI is InChI=1S/C22H22Cl2FN3O/c1-2-3-8-27-14-19(11-22(27)29)28(13-16-9-17(25)5-7-20(16)23)18-6-4-15(12-26)21(24)10-18/h4-7,9-10,19H,2-3,8,11,13-14H2,1H3/t19-/m0/s1. The fourth-order valence-corrected chi connectivity index (χ4v) is 3.97. The number of likely N-dealkylation sites (tertiary alicyclic amines) is 1. The average Bonchev–Trinajstić information content (AvgIpc) is 3.07. The van der Waals surface area contributed by atoms with E-state index in [9.17, 15) is 9.18 Å². The van der Waals surface area contributed by atoms with Crippen molar-refractivity contribution in [1.82, 2.24) is 4.90 Å². The first-order valence-corrected chi connectivity index (χ1v) is 10.4. The zero-order valence-electron chi connectivity index (χ0n) is 16.2. The van der Waals surface area contributed by atoms with Gasteiger partial charge in [-0.25, -0.2) is 4.39 Å². The summed E-state index contributed by atoms with van der Waals surface area (Å²) in [5, 5.41) is 9.96. The molecule has 1 fully saturated rings. The molecule has 0 aliphatic carbocycles. The highest BCUT2D eigenvalue weighted by atomic mass is 35.5. The van der Waals surface area contributed by atoms with Crippen LogP contribution in [0.2, 0.25) is 10.0 Å². The van der Waals surface area contributed by atoms with Crippen LogP contribution in [0.5, 0.6) is 0 Å². The maximum absolute atomic E-state index is 13.8. The summed E-state index contributed by atoms with van der Waals surface area (Å²) < 4.78 is 13.8. The molecule has 0 N–H and O–H groups in total.